The number of aromatic nitrogens is 2. The first-order valence-corrected chi connectivity index (χ1v) is 8.68. The number of alkyl halides is 3. The van der Waals surface area contributed by atoms with E-state index in [0.717, 1.165) is 0 Å². The third-order valence-electron chi connectivity index (χ3n) is 3.51. The summed E-state index contributed by atoms with van der Waals surface area (Å²) >= 11 is 3.08. The number of anilines is 3. The fourth-order valence-corrected chi connectivity index (χ4v) is 2.59. The molecule has 28 heavy (non-hydrogen) atoms. The van der Waals surface area contributed by atoms with Crippen LogP contribution in [0.2, 0.25) is 0 Å². The Morgan fingerprint density at radius 3 is 2.50 bits per heavy atom. The molecule has 0 unspecified atom stereocenters. The minimum Gasteiger partial charge on any atom is -0.406 e. The summed E-state index contributed by atoms with van der Waals surface area (Å²) in [5.41, 5.74) is 1.19. The first-order valence-electron chi connectivity index (χ1n) is 7.88. The van der Waals surface area contributed by atoms with Gasteiger partial charge in [0.25, 0.3) is 0 Å². The van der Waals surface area contributed by atoms with Gasteiger partial charge in [-0.3, -0.25) is 0 Å². The number of halogens is 5. The SMILES string of the molecule is CNc1nc(Nc2ccc(Br)c(F)c2)cc(-c2cccc(OC(F)(F)F)c2)n1. The van der Waals surface area contributed by atoms with E-state index in [0.29, 0.717) is 27.2 Å². The van der Waals surface area contributed by atoms with Gasteiger partial charge in [0.15, 0.2) is 0 Å². The van der Waals surface area contributed by atoms with E-state index in [1.807, 2.05) is 0 Å². The summed E-state index contributed by atoms with van der Waals surface area (Å²) < 4.78 is 55.4. The summed E-state index contributed by atoms with van der Waals surface area (Å²) in [5, 5.41) is 5.73. The van der Waals surface area contributed by atoms with Crippen molar-refractivity contribution in [2.45, 2.75) is 6.36 Å². The highest BCUT2D eigenvalue weighted by Crippen LogP contribution is 2.29. The maximum absolute atomic E-state index is 13.7. The molecule has 0 atom stereocenters. The van der Waals surface area contributed by atoms with E-state index in [9.17, 15) is 17.6 Å². The van der Waals surface area contributed by atoms with E-state index in [1.54, 1.807) is 19.2 Å². The molecule has 0 aliphatic rings. The van der Waals surface area contributed by atoms with Crippen molar-refractivity contribution in [3.63, 3.8) is 0 Å². The quantitative estimate of drug-likeness (QED) is 0.480. The van der Waals surface area contributed by atoms with E-state index in [-0.39, 0.29) is 11.7 Å². The second-order valence-corrected chi connectivity index (χ2v) is 6.40. The zero-order valence-electron chi connectivity index (χ0n) is 14.3. The predicted octanol–water partition coefficient (Wildman–Crippen LogP) is 5.73. The van der Waals surface area contributed by atoms with E-state index < -0.39 is 12.2 Å². The lowest BCUT2D eigenvalue weighted by atomic mass is 10.1. The first kappa shape index (κ1) is 19.9. The number of benzene rings is 2. The number of hydrogen-bond acceptors (Lipinski definition) is 5. The van der Waals surface area contributed by atoms with Crippen LogP contribution in [0.5, 0.6) is 5.75 Å². The largest absolute Gasteiger partial charge is 0.573 e. The Morgan fingerprint density at radius 2 is 1.82 bits per heavy atom. The second-order valence-electron chi connectivity index (χ2n) is 5.54. The van der Waals surface area contributed by atoms with Crippen LogP contribution in [-0.4, -0.2) is 23.4 Å². The van der Waals surface area contributed by atoms with Gasteiger partial charge in [-0.25, -0.2) is 9.37 Å². The van der Waals surface area contributed by atoms with Gasteiger partial charge < -0.3 is 15.4 Å². The van der Waals surface area contributed by atoms with E-state index in [1.165, 1.54) is 36.4 Å². The van der Waals surface area contributed by atoms with Crippen LogP contribution in [0.25, 0.3) is 11.3 Å². The molecule has 2 aromatic carbocycles. The minimum atomic E-state index is -4.79. The highest BCUT2D eigenvalue weighted by atomic mass is 79.9. The molecule has 0 spiro atoms. The summed E-state index contributed by atoms with van der Waals surface area (Å²) in [4.78, 5) is 8.48. The Hall–Kier alpha value is -2.88. The number of ether oxygens (including phenoxy) is 1. The highest BCUT2D eigenvalue weighted by molar-refractivity contribution is 9.10. The predicted molar refractivity (Wildman–Crippen MR) is 101 cm³/mol. The maximum Gasteiger partial charge on any atom is 0.573 e. The van der Waals surface area contributed by atoms with Gasteiger partial charge in [0.2, 0.25) is 5.95 Å². The van der Waals surface area contributed by atoms with Crippen LogP contribution in [0.4, 0.5) is 35.0 Å². The van der Waals surface area contributed by atoms with Gasteiger partial charge in [-0.2, -0.15) is 4.98 Å². The molecule has 1 heterocycles. The van der Waals surface area contributed by atoms with Crippen molar-refractivity contribution in [1.82, 2.24) is 9.97 Å². The Kier molecular flexibility index (Phi) is 5.68. The van der Waals surface area contributed by atoms with E-state index >= 15 is 0 Å². The molecule has 0 saturated heterocycles. The van der Waals surface area contributed by atoms with Gasteiger partial charge in [-0.15, -0.1) is 13.2 Å². The standard InChI is InChI=1S/C18H13BrF4N4O/c1-24-17-26-15(10-3-2-4-12(7-10)28-18(21,22)23)9-16(27-17)25-11-5-6-13(19)14(20)8-11/h2-9H,1H3,(H2,24,25,26,27). The van der Waals surface area contributed by atoms with Crippen molar-refractivity contribution in [3.05, 3.63) is 58.8 Å². The molecular formula is C18H13BrF4N4O. The highest BCUT2D eigenvalue weighted by Gasteiger charge is 2.31. The van der Waals surface area contributed by atoms with Crippen LogP contribution < -0.4 is 15.4 Å². The van der Waals surface area contributed by atoms with E-state index in [2.05, 4.69) is 41.3 Å². The smallest absolute Gasteiger partial charge is 0.406 e. The third kappa shape index (κ3) is 5.10. The average Bonchev–Trinajstić information content (AvgIpc) is 2.63. The summed E-state index contributed by atoms with van der Waals surface area (Å²) in [6.07, 6.45) is -4.79. The lowest BCUT2D eigenvalue weighted by molar-refractivity contribution is -0.274. The normalized spacial score (nSPS) is 11.2. The lowest BCUT2D eigenvalue weighted by Crippen LogP contribution is -2.17. The number of nitrogens with one attached hydrogen (secondary N) is 2. The molecule has 1 aromatic heterocycles. The van der Waals surface area contributed by atoms with Gasteiger partial charge in [-0.05, 0) is 46.3 Å². The molecule has 5 nitrogen and oxygen atoms in total. The van der Waals surface area contributed by atoms with Gasteiger partial charge in [0.05, 0.1) is 10.2 Å². The maximum atomic E-state index is 13.7. The zero-order valence-corrected chi connectivity index (χ0v) is 15.9. The molecule has 2 N–H and O–H groups in total. The Balaban J connectivity index is 1.95. The van der Waals surface area contributed by atoms with Crippen molar-refractivity contribution in [2.75, 3.05) is 17.7 Å². The third-order valence-corrected chi connectivity index (χ3v) is 4.15. The average molecular weight is 457 g/mol. The molecule has 0 aliphatic carbocycles. The number of nitrogens with zero attached hydrogens (tertiary/aromatic N) is 2. The summed E-state index contributed by atoms with van der Waals surface area (Å²) in [6.45, 7) is 0. The second kappa shape index (κ2) is 8.01. The fourth-order valence-electron chi connectivity index (χ4n) is 2.35. The van der Waals surface area contributed by atoms with Crippen LogP contribution in [0.3, 0.4) is 0 Å². The number of rotatable bonds is 5. The van der Waals surface area contributed by atoms with Crippen LogP contribution in [-0.2, 0) is 0 Å². The van der Waals surface area contributed by atoms with Gasteiger partial charge >= 0.3 is 6.36 Å². The van der Waals surface area contributed by atoms with Gasteiger partial charge in [0.1, 0.15) is 17.4 Å². The molecule has 0 radical (unpaired) electrons. The monoisotopic (exact) mass is 456 g/mol. The molecule has 0 aliphatic heterocycles. The Labute approximate surface area is 165 Å². The van der Waals surface area contributed by atoms with Crippen molar-refractivity contribution in [3.8, 4) is 17.0 Å². The molecule has 3 rings (SSSR count). The van der Waals surface area contributed by atoms with Crippen LogP contribution in [0.15, 0.2) is 53.0 Å². The molecule has 146 valence electrons. The fraction of sp³-hybridized carbons (Fsp3) is 0.111. The summed E-state index contributed by atoms with van der Waals surface area (Å²) in [7, 11) is 1.60. The van der Waals surface area contributed by atoms with E-state index in [4.69, 9.17) is 0 Å². The molecule has 3 aromatic rings. The van der Waals surface area contributed by atoms with Crippen molar-refractivity contribution in [2.24, 2.45) is 0 Å². The summed E-state index contributed by atoms with van der Waals surface area (Å²) in [6, 6.07) is 11.4. The van der Waals surface area contributed by atoms with Crippen LogP contribution in [0, 0.1) is 5.82 Å². The first-order chi connectivity index (χ1) is 13.2. The van der Waals surface area contributed by atoms with Gasteiger partial charge in [-0.1, -0.05) is 12.1 Å². The van der Waals surface area contributed by atoms with Gasteiger partial charge in [0, 0.05) is 24.4 Å². The Morgan fingerprint density at radius 1 is 1.04 bits per heavy atom. The lowest BCUT2D eigenvalue weighted by Gasteiger charge is -2.12. The van der Waals surface area contributed by atoms with Crippen molar-refractivity contribution < 1.29 is 22.3 Å². The molecule has 0 bridgehead atoms. The van der Waals surface area contributed by atoms with Crippen LogP contribution in [0.1, 0.15) is 0 Å². The molecule has 0 saturated carbocycles. The van der Waals surface area contributed by atoms with Crippen molar-refractivity contribution in [1.29, 1.82) is 0 Å². The zero-order chi connectivity index (χ0) is 20.3. The molecule has 0 amide bonds. The molecular weight excluding hydrogens is 444 g/mol. The Bertz CT molecular complexity index is 998. The van der Waals surface area contributed by atoms with Crippen molar-refractivity contribution >= 4 is 33.4 Å². The molecule has 10 heteroatoms. The summed E-state index contributed by atoms with van der Waals surface area (Å²) in [5.74, 6) is -0.248. The topological polar surface area (TPSA) is 59.1 Å². The van der Waals surface area contributed by atoms with Crippen LogP contribution >= 0.6 is 15.9 Å². The molecule has 0 fully saturated rings. The minimum absolute atomic E-state index is 0.236. The number of hydrogen-bond donors (Lipinski definition) is 2.